The lowest BCUT2D eigenvalue weighted by Crippen LogP contribution is -2.28. The number of anilines is 1. The largest absolute Gasteiger partial charge is 0.452 e. The maximum atomic E-state index is 12.8. The molecule has 0 fully saturated rings. The lowest BCUT2D eigenvalue weighted by atomic mass is 10.1. The van der Waals surface area contributed by atoms with Crippen molar-refractivity contribution in [3.63, 3.8) is 0 Å². The Kier molecular flexibility index (Phi) is 5.62. The van der Waals surface area contributed by atoms with E-state index < -0.39 is 29.2 Å². The number of hydrogen-bond acceptors (Lipinski definition) is 6. The van der Waals surface area contributed by atoms with Crippen molar-refractivity contribution in [3.05, 3.63) is 69.5 Å². The van der Waals surface area contributed by atoms with Crippen molar-refractivity contribution >= 4 is 23.3 Å². The van der Waals surface area contributed by atoms with Crippen molar-refractivity contribution in [1.29, 1.82) is 0 Å². The van der Waals surface area contributed by atoms with Gasteiger partial charge in [0, 0.05) is 24.4 Å². The van der Waals surface area contributed by atoms with Crippen molar-refractivity contribution in [1.82, 2.24) is 5.32 Å². The number of ether oxygens (including phenoxy) is 1. The van der Waals surface area contributed by atoms with Crippen molar-refractivity contribution in [3.8, 4) is 0 Å². The molecule has 9 heteroatoms. The van der Waals surface area contributed by atoms with Crippen molar-refractivity contribution in [2.75, 3.05) is 12.3 Å². The number of carbonyl (C=O) groups excluding carboxylic acids is 2. The number of nitrogens with one attached hydrogen (secondary N) is 1. The van der Waals surface area contributed by atoms with E-state index >= 15 is 0 Å². The van der Waals surface area contributed by atoms with Gasteiger partial charge in [0.2, 0.25) is 0 Å². The Morgan fingerprint density at radius 3 is 2.52 bits per heavy atom. The van der Waals surface area contributed by atoms with Gasteiger partial charge in [-0.25, -0.2) is 9.18 Å². The molecule has 8 nitrogen and oxygen atoms in total. The number of rotatable bonds is 6. The first-order chi connectivity index (χ1) is 11.9. The van der Waals surface area contributed by atoms with Gasteiger partial charge in [-0.05, 0) is 23.8 Å². The van der Waals surface area contributed by atoms with E-state index in [1.54, 1.807) is 0 Å². The number of nitrogens with zero attached hydrogens (tertiary/aromatic N) is 1. The second kappa shape index (κ2) is 7.86. The maximum Gasteiger partial charge on any atom is 0.341 e. The van der Waals surface area contributed by atoms with Crippen molar-refractivity contribution in [2.45, 2.75) is 6.54 Å². The summed E-state index contributed by atoms with van der Waals surface area (Å²) in [6.45, 7) is -0.447. The van der Waals surface area contributed by atoms with E-state index in [4.69, 9.17) is 10.5 Å². The molecule has 0 unspecified atom stereocenters. The molecular weight excluding hydrogens is 333 g/mol. The number of halogens is 1. The van der Waals surface area contributed by atoms with E-state index in [0.29, 0.717) is 5.56 Å². The number of esters is 1. The zero-order valence-electron chi connectivity index (χ0n) is 12.9. The van der Waals surface area contributed by atoms with Crippen molar-refractivity contribution < 1.29 is 23.6 Å². The van der Waals surface area contributed by atoms with Crippen LogP contribution in [0.15, 0.2) is 42.5 Å². The zero-order valence-corrected chi connectivity index (χ0v) is 12.9. The predicted octanol–water partition coefficient (Wildman–Crippen LogP) is 1.79. The van der Waals surface area contributed by atoms with E-state index in [1.165, 1.54) is 30.3 Å². The molecule has 2 rings (SSSR count). The second-order valence-electron chi connectivity index (χ2n) is 5.01. The highest BCUT2D eigenvalue weighted by Crippen LogP contribution is 2.20. The van der Waals surface area contributed by atoms with Gasteiger partial charge >= 0.3 is 5.97 Å². The standard InChI is InChI=1S/C16H14FN3O5/c17-11-3-1-10(2-4-11)8-19-15(21)9-25-16(22)13-7-12(20(23)24)5-6-14(13)18/h1-7H,8-9,18H2,(H,19,21). The molecule has 0 atom stereocenters. The van der Waals surface area contributed by atoms with Gasteiger partial charge in [-0.15, -0.1) is 0 Å². The van der Waals surface area contributed by atoms with Gasteiger partial charge in [-0.2, -0.15) is 0 Å². The van der Waals surface area contributed by atoms with Gasteiger partial charge in [-0.1, -0.05) is 12.1 Å². The number of non-ortho nitro benzene ring substituents is 1. The van der Waals surface area contributed by atoms with E-state index in [0.717, 1.165) is 12.1 Å². The van der Waals surface area contributed by atoms with Crippen LogP contribution in [0.25, 0.3) is 0 Å². The quantitative estimate of drug-likeness (QED) is 0.355. The average Bonchev–Trinajstić information content (AvgIpc) is 2.59. The summed E-state index contributed by atoms with van der Waals surface area (Å²) < 4.78 is 17.6. The van der Waals surface area contributed by atoms with Crippen LogP contribution in [-0.4, -0.2) is 23.4 Å². The van der Waals surface area contributed by atoms with E-state index in [9.17, 15) is 24.1 Å². The van der Waals surface area contributed by atoms with Gasteiger partial charge in [0.1, 0.15) is 5.82 Å². The van der Waals surface area contributed by atoms with Crippen molar-refractivity contribution in [2.24, 2.45) is 0 Å². The summed E-state index contributed by atoms with van der Waals surface area (Å²) in [5, 5.41) is 13.2. The fraction of sp³-hybridized carbons (Fsp3) is 0.125. The molecule has 0 saturated carbocycles. The summed E-state index contributed by atoms with van der Waals surface area (Å²) in [7, 11) is 0. The summed E-state index contributed by atoms with van der Waals surface area (Å²) in [5.41, 5.74) is 5.75. The molecule has 0 spiro atoms. The molecule has 0 aromatic heterocycles. The first kappa shape index (κ1) is 17.9. The SMILES string of the molecule is Nc1ccc([N+](=O)[O-])cc1C(=O)OCC(=O)NCc1ccc(F)cc1. The van der Waals surface area contributed by atoms with Crippen LogP contribution in [-0.2, 0) is 16.1 Å². The average molecular weight is 347 g/mol. The molecule has 0 aliphatic carbocycles. The van der Waals surface area contributed by atoms with Crippen LogP contribution in [0.2, 0.25) is 0 Å². The second-order valence-corrected chi connectivity index (χ2v) is 5.01. The molecule has 130 valence electrons. The van der Waals surface area contributed by atoms with Crippen LogP contribution in [0.3, 0.4) is 0 Å². The van der Waals surface area contributed by atoms with Gasteiger partial charge in [0.15, 0.2) is 6.61 Å². The maximum absolute atomic E-state index is 12.8. The molecule has 1 amide bonds. The first-order valence-corrected chi connectivity index (χ1v) is 7.09. The molecular formula is C16H14FN3O5. The highest BCUT2D eigenvalue weighted by molar-refractivity contribution is 5.96. The molecule has 25 heavy (non-hydrogen) atoms. The van der Waals surface area contributed by atoms with E-state index in [1.807, 2.05) is 0 Å². The highest BCUT2D eigenvalue weighted by Gasteiger charge is 2.17. The highest BCUT2D eigenvalue weighted by atomic mass is 19.1. The third-order valence-electron chi connectivity index (χ3n) is 3.20. The lowest BCUT2D eigenvalue weighted by Gasteiger charge is -2.08. The summed E-state index contributed by atoms with van der Waals surface area (Å²) >= 11 is 0. The molecule has 0 heterocycles. The number of carbonyl (C=O) groups is 2. The van der Waals surface area contributed by atoms with Gasteiger partial charge < -0.3 is 15.8 Å². The number of nitro benzene ring substituents is 1. The van der Waals surface area contributed by atoms with Gasteiger partial charge in [0.05, 0.1) is 10.5 Å². The zero-order chi connectivity index (χ0) is 18.4. The Balaban J connectivity index is 1.89. The number of nitro groups is 1. The number of benzene rings is 2. The van der Waals surface area contributed by atoms with Crippen LogP contribution in [0.5, 0.6) is 0 Å². The minimum atomic E-state index is -0.946. The summed E-state index contributed by atoms with van der Waals surface area (Å²) in [5.74, 6) is -1.92. The number of amides is 1. The van der Waals surface area contributed by atoms with E-state index in [-0.39, 0.29) is 23.5 Å². The lowest BCUT2D eigenvalue weighted by molar-refractivity contribution is -0.384. The van der Waals surface area contributed by atoms with Crippen LogP contribution in [0.1, 0.15) is 15.9 Å². The van der Waals surface area contributed by atoms with E-state index in [2.05, 4.69) is 5.32 Å². The van der Waals surface area contributed by atoms with Gasteiger partial charge in [-0.3, -0.25) is 14.9 Å². The minimum absolute atomic E-state index is 0.00215. The Morgan fingerprint density at radius 2 is 1.88 bits per heavy atom. The number of nitrogens with two attached hydrogens (primary N) is 1. The predicted molar refractivity (Wildman–Crippen MR) is 86.0 cm³/mol. The molecule has 2 aromatic rings. The molecule has 0 aliphatic heterocycles. The minimum Gasteiger partial charge on any atom is -0.452 e. The monoisotopic (exact) mass is 347 g/mol. The van der Waals surface area contributed by atoms with Gasteiger partial charge in [0.25, 0.3) is 11.6 Å². The van der Waals surface area contributed by atoms with Crippen LogP contribution >= 0.6 is 0 Å². The number of nitrogen functional groups attached to an aromatic ring is 1. The third kappa shape index (κ3) is 4.99. The molecule has 0 saturated heterocycles. The fourth-order valence-electron chi connectivity index (χ4n) is 1.90. The summed E-state index contributed by atoms with van der Waals surface area (Å²) in [4.78, 5) is 33.6. The molecule has 2 aromatic carbocycles. The summed E-state index contributed by atoms with van der Waals surface area (Å²) in [6.07, 6.45) is 0. The molecule has 3 N–H and O–H groups in total. The molecule has 0 aliphatic rings. The molecule has 0 radical (unpaired) electrons. The first-order valence-electron chi connectivity index (χ1n) is 7.09. The Labute approximate surface area is 141 Å². The van der Waals surface area contributed by atoms with Crippen LogP contribution in [0.4, 0.5) is 15.8 Å². The topological polar surface area (TPSA) is 125 Å². The van der Waals surface area contributed by atoms with Crippen LogP contribution in [0, 0.1) is 15.9 Å². The summed E-state index contributed by atoms with van der Waals surface area (Å²) in [6, 6.07) is 8.87. The number of hydrogen-bond donors (Lipinski definition) is 2. The Morgan fingerprint density at radius 1 is 1.20 bits per heavy atom. The smallest absolute Gasteiger partial charge is 0.341 e. The Bertz CT molecular complexity index is 808. The van der Waals surface area contributed by atoms with Crippen LogP contribution < -0.4 is 11.1 Å². The third-order valence-corrected chi connectivity index (χ3v) is 3.20. The molecule has 0 bridgehead atoms. The fourth-order valence-corrected chi connectivity index (χ4v) is 1.90. The normalized spacial score (nSPS) is 10.1. The Hall–Kier alpha value is -3.49.